The van der Waals surface area contributed by atoms with Crippen molar-refractivity contribution in [1.29, 1.82) is 0 Å². The first-order valence-electron chi connectivity index (χ1n) is 9.99. The number of hydrogen-bond acceptors (Lipinski definition) is 4. The molecule has 152 valence electrons. The number of anilines is 1. The lowest BCUT2D eigenvalue weighted by Crippen LogP contribution is -2.37. The van der Waals surface area contributed by atoms with Crippen molar-refractivity contribution in [3.05, 3.63) is 51.8 Å². The first-order chi connectivity index (χ1) is 14.0. The van der Waals surface area contributed by atoms with Crippen molar-refractivity contribution in [1.82, 2.24) is 9.88 Å². The Kier molecular flexibility index (Phi) is 5.50. The number of aromatic nitrogens is 1. The smallest absolute Gasteiger partial charge is 0.272 e. The molecule has 0 atom stereocenters. The molecule has 0 saturated carbocycles. The minimum absolute atomic E-state index is 0.0395. The fraction of sp³-hybridized carbons (Fsp3) is 0.409. The number of benzene rings is 1. The summed E-state index contributed by atoms with van der Waals surface area (Å²) in [5.74, 6) is 1.83. The molecule has 6 nitrogen and oxygen atoms in total. The summed E-state index contributed by atoms with van der Waals surface area (Å²) in [5, 5.41) is 2.93. The summed E-state index contributed by atoms with van der Waals surface area (Å²) in [6.45, 7) is 5.25. The number of H-pyrrole nitrogens is 1. The van der Waals surface area contributed by atoms with Crippen LogP contribution in [0, 0.1) is 13.8 Å². The van der Waals surface area contributed by atoms with Crippen LogP contribution in [0.2, 0.25) is 0 Å². The number of nitrogens with zero attached hydrogens (tertiary/aromatic N) is 1. The zero-order valence-electron chi connectivity index (χ0n) is 16.8. The number of fused-ring (bicyclic) bond motifs is 1. The molecule has 4 rings (SSSR count). The van der Waals surface area contributed by atoms with Crippen LogP contribution in [-0.2, 0) is 6.42 Å². The Balaban J connectivity index is 1.52. The van der Waals surface area contributed by atoms with Crippen LogP contribution in [0.25, 0.3) is 0 Å². The highest BCUT2D eigenvalue weighted by Crippen LogP contribution is 2.27. The highest BCUT2D eigenvalue weighted by molar-refractivity contribution is 7.99. The number of ketones is 1. The summed E-state index contributed by atoms with van der Waals surface area (Å²) < 4.78 is 0. The monoisotopic (exact) mass is 411 g/mol. The van der Waals surface area contributed by atoms with E-state index in [1.165, 1.54) is 0 Å². The molecule has 2 amide bonds. The van der Waals surface area contributed by atoms with Crippen LogP contribution in [0.3, 0.4) is 0 Å². The first-order valence-corrected chi connectivity index (χ1v) is 11.1. The maximum absolute atomic E-state index is 12.8. The number of aryl methyl sites for hydroxylation is 2. The van der Waals surface area contributed by atoms with Gasteiger partial charge in [0.25, 0.3) is 11.8 Å². The molecule has 1 aromatic carbocycles. The molecule has 29 heavy (non-hydrogen) atoms. The molecule has 2 aliphatic rings. The average Bonchev–Trinajstić information content (AvgIpc) is 3.07. The minimum Gasteiger partial charge on any atom is -0.354 e. The third-order valence-corrected chi connectivity index (χ3v) is 6.63. The molecule has 0 bridgehead atoms. The van der Waals surface area contributed by atoms with Crippen LogP contribution < -0.4 is 5.32 Å². The molecule has 2 N–H and O–H groups in total. The van der Waals surface area contributed by atoms with Gasteiger partial charge in [0.15, 0.2) is 5.78 Å². The van der Waals surface area contributed by atoms with Gasteiger partial charge in [0.05, 0.1) is 0 Å². The minimum atomic E-state index is -0.264. The van der Waals surface area contributed by atoms with E-state index in [9.17, 15) is 14.4 Å². The van der Waals surface area contributed by atoms with E-state index in [4.69, 9.17) is 0 Å². The zero-order chi connectivity index (χ0) is 20.5. The lowest BCUT2D eigenvalue weighted by atomic mass is 9.94. The predicted octanol–water partition coefficient (Wildman–Crippen LogP) is 3.59. The molecule has 1 aliphatic carbocycles. The first kappa shape index (κ1) is 19.8. The molecule has 1 fully saturated rings. The van der Waals surface area contributed by atoms with Gasteiger partial charge in [-0.2, -0.15) is 11.8 Å². The predicted molar refractivity (Wildman–Crippen MR) is 115 cm³/mol. The van der Waals surface area contributed by atoms with Gasteiger partial charge < -0.3 is 15.2 Å². The van der Waals surface area contributed by atoms with Gasteiger partial charge in [-0.15, -0.1) is 0 Å². The van der Waals surface area contributed by atoms with E-state index in [1.54, 1.807) is 12.1 Å². The second-order valence-corrected chi connectivity index (χ2v) is 8.87. The SMILES string of the molecule is Cc1cc(C(=O)N2CCSCC2)ccc1NC(=O)c1[nH]c2c(c1C)C(=O)CCC2. The summed E-state index contributed by atoms with van der Waals surface area (Å²) in [6, 6.07) is 5.38. The number of rotatable bonds is 3. The van der Waals surface area contributed by atoms with E-state index >= 15 is 0 Å². The molecular weight excluding hydrogens is 386 g/mol. The van der Waals surface area contributed by atoms with Crippen molar-refractivity contribution in [2.45, 2.75) is 33.1 Å². The van der Waals surface area contributed by atoms with E-state index in [0.717, 1.165) is 54.3 Å². The van der Waals surface area contributed by atoms with Crippen molar-refractivity contribution < 1.29 is 14.4 Å². The van der Waals surface area contributed by atoms with Crippen LogP contribution in [-0.4, -0.2) is 52.1 Å². The van der Waals surface area contributed by atoms with Gasteiger partial charge >= 0.3 is 0 Å². The van der Waals surface area contributed by atoms with Crippen molar-refractivity contribution in [3.63, 3.8) is 0 Å². The largest absolute Gasteiger partial charge is 0.354 e. The van der Waals surface area contributed by atoms with Gasteiger partial charge in [-0.3, -0.25) is 14.4 Å². The van der Waals surface area contributed by atoms with Gasteiger partial charge in [-0.05, 0) is 56.0 Å². The van der Waals surface area contributed by atoms with E-state index in [0.29, 0.717) is 28.9 Å². The normalized spacial score (nSPS) is 16.5. The highest BCUT2D eigenvalue weighted by Gasteiger charge is 2.26. The van der Waals surface area contributed by atoms with Crippen molar-refractivity contribution in [2.24, 2.45) is 0 Å². The van der Waals surface area contributed by atoms with Gasteiger partial charge in [-0.25, -0.2) is 0 Å². The van der Waals surface area contributed by atoms with Gasteiger partial charge in [0, 0.05) is 53.5 Å². The average molecular weight is 412 g/mol. The quantitative estimate of drug-likeness (QED) is 0.809. The Hall–Kier alpha value is -2.54. The van der Waals surface area contributed by atoms with Crippen LogP contribution in [0.5, 0.6) is 0 Å². The lowest BCUT2D eigenvalue weighted by molar-refractivity contribution is 0.0772. The van der Waals surface area contributed by atoms with E-state index in [2.05, 4.69) is 10.3 Å². The zero-order valence-corrected chi connectivity index (χ0v) is 17.6. The number of aromatic amines is 1. The maximum Gasteiger partial charge on any atom is 0.272 e. The molecule has 0 radical (unpaired) electrons. The second kappa shape index (κ2) is 8.06. The number of Topliss-reactive ketones (excluding diaryl/α,β-unsaturated/α-hetero) is 1. The van der Waals surface area contributed by atoms with Gasteiger partial charge in [-0.1, -0.05) is 0 Å². The number of thioether (sulfide) groups is 1. The van der Waals surface area contributed by atoms with Crippen molar-refractivity contribution in [3.8, 4) is 0 Å². The van der Waals surface area contributed by atoms with Crippen LogP contribution in [0.4, 0.5) is 5.69 Å². The summed E-state index contributed by atoms with van der Waals surface area (Å²) in [6.07, 6.45) is 2.15. The lowest BCUT2D eigenvalue weighted by Gasteiger charge is -2.26. The third-order valence-electron chi connectivity index (χ3n) is 5.68. The molecule has 1 saturated heterocycles. The van der Waals surface area contributed by atoms with E-state index in [1.807, 2.05) is 36.6 Å². The number of nitrogens with one attached hydrogen (secondary N) is 2. The fourth-order valence-corrected chi connectivity index (χ4v) is 4.98. The van der Waals surface area contributed by atoms with E-state index in [-0.39, 0.29) is 17.6 Å². The Morgan fingerprint density at radius 3 is 2.59 bits per heavy atom. The van der Waals surface area contributed by atoms with Crippen LogP contribution in [0.15, 0.2) is 18.2 Å². The summed E-state index contributed by atoms with van der Waals surface area (Å²) in [5.41, 5.74) is 4.84. The van der Waals surface area contributed by atoms with E-state index < -0.39 is 0 Å². The molecule has 0 spiro atoms. The number of amides is 2. The van der Waals surface area contributed by atoms with Gasteiger partial charge in [0.1, 0.15) is 5.69 Å². The Morgan fingerprint density at radius 1 is 1.14 bits per heavy atom. The fourth-order valence-electron chi connectivity index (χ4n) is 4.07. The second-order valence-electron chi connectivity index (χ2n) is 7.64. The van der Waals surface area contributed by atoms with Crippen molar-refractivity contribution in [2.75, 3.05) is 29.9 Å². The molecular formula is C22H25N3O3S. The molecule has 2 aromatic rings. The molecule has 0 unspecified atom stereocenters. The topological polar surface area (TPSA) is 82.3 Å². The Morgan fingerprint density at radius 2 is 1.90 bits per heavy atom. The summed E-state index contributed by atoms with van der Waals surface area (Å²) >= 11 is 1.87. The Labute approximate surface area is 174 Å². The Bertz CT molecular complexity index is 989. The molecule has 7 heteroatoms. The standard InChI is InChI=1S/C22H25N3O3S/c1-13-12-15(22(28)25-8-10-29-11-9-25)6-7-16(13)24-21(27)20-14(2)19-17(23-20)4-3-5-18(19)26/h6-7,12,23H,3-5,8-11H2,1-2H3,(H,24,27). The van der Waals surface area contributed by atoms with Gasteiger partial charge in [0.2, 0.25) is 0 Å². The molecule has 1 aromatic heterocycles. The molecule has 2 heterocycles. The van der Waals surface area contributed by atoms with Crippen molar-refractivity contribution >= 4 is 35.0 Å². The van der Waals surface area contributed by atoms with Crippen LogP contribution in [0.1, 0.15) is 60.9 Å². The summed E-state index contributed by atoms with van der Waals surface area (Å²) in [7, 11) is 0. The van der Waals surface area contributed by atoms with Crippen LogP contribution >= 0.6 is 11.8 Å². The number of carbonyl (C=O) groups excluding carboxylic acids is 3. The number of carbonyl (C=O) groups is 3. The highest BCUT2D eigenvalue weighted by atomic mass is 32.2. The third kappa shape index (κ3) is 3.83. The maximum atomic E-state index is 12.8. The number of hydrogen-bond donors (Lipinski definition) is 2. The molecule has 1 aliphatic heterocycles. The summed E-state index contributed by atoms with van der Waals surface area (Å²) in [4.78, 5) is 42.8.